The average Bonchev–Trinajstić information content (AvgIpc) is 2.39. The second-order valence-corrected chi connectivity index (χ2v) is 6.06. The molecule has 1 aliphatic heterocycles. The smallest absolute Gasteiger partial charge is 0.310 e. The van der Waals surface area contributed by atoms with Crippen LogP contribution in [-0.4, -0.2) is 36.2 Å². The Morgan fingerprint density at radius 1 is 1.55 bits per heavy atom. The SMILES string of the molecule is COc1ccc(CN2CCCC(C)(C(=O)O)C2)cc1Cl. The van der Waals surface area contributed by atoms with Gasteiger partial charge in [0, 0.05) is 13.1 Å². The largest absolute Gasteiger partial charge is 0.495 e. The normalized spacial score (nSPS) is 23.6. The molecule has 5 heteroatoms. The Morgan fingerprint density at radius 3 is 2.90 bits per heavy atom. The summed E-state index contributed by atoms with van der Waals surface area (Å²) in [6.45, 7) is 4.04. The van der Waals surface area contributed by atoms with Crippen LogP contribution in [0.15, 0.2) is 18.2 Å². The van der Waals surface area contributed by atoms with Gasteiger partial charge in [0.25, 0.3) is 0 Å². The summed E-state index contributed by atoms with van der Waals surface area (Å²) in [4.78, 5) is 13.5. The van der Waals surface area contributed by atoms with Gasteiger partial charge in [-0.25, -0.2) is 0 Å². The molecule has 0 radical (unpaired) electrons. The first-order valence-corrected chi connectivity index (χ1v) is 7.10. The van der Waals surface area contributed by atoms with Gasteiger partial charge in [-0.05, 0) is 44.0 Å². The van der Waals surface area contributed by atoms with E-state index in [0.29, 0.717) is 23.9 Å². The molecule has 2 rings (SSSR count). The number of aliphatic carboxylic acids is 1. The van der Waals surface area contributed by atoms with E-state index < -0.39 is 11.4 Å². The van der Waals surface area contributed by atoms with Crippen LogP contribution in [0, 0.1) is 5.41 Å². The first-order valence-electron chi connectivity index (χ1n) is 6.73. The molecule has 1 saturated heterocycles. The van der Waals surface area contributed by atoms with Gasteiger partial charge in [-0.15, -0.1) is 0 Å². The third-order valence-corrected chi connectivity index (χ3v) is 4.21. The van der Waals surface area contributed by atoms with Crippen LogP contribution >= 0.6 is 11.6 Å². The number of benzene rings is 1. The van der Waals surface area contributed by atoms with E-state index in [2.05, 4.69) is 4.90 Å². The van der Waals surface area contributed by atoms with Crippen molar-refractivity contribution < 1.29 is 14.6 Å². The molecule has 0 aliphatic carbocycles. The second-order valence-electron chi connectivity index (χ2n) is 5.65. The van der Waals surface area contributed by atoms with Gasteiger partial charge in [0.2, 0.25) is 0 Å². The van der Waals surface area contributed by atoms with Crippen molar-refractivity contribution in [2.24, 2.45) is 5.41 Å². The molecule has 1 fully saturated rings. The number of ether oxygens (including phenoxy) is 1. The quantitative estimate of drug-likeness (QED) is 0.928. The highest BCUT2D eigenvalue weighted by molar-refractivity contribution is 6.32. The average molecular weight is 298 g/mol. The molecule has 1 unspecified atom stereocenters. The minimum atomic E-state index is -0.713. The summed E-state index contributed by atoms with van der Waals surface area (Å²) >= 11 is 6.12. The van der Waals surface area contributed by atoms with Crippen molar-refractivity contribution in [3.05, 3.63) is 28.8 Å². The first kappa shape index (κ1) is 15.1. The lowest BCUT2D eigenvalue weighted by Crippen LogP contribution is -2.45. The highest BCUT2D eigenvalue weighted by Crippen LogP contribution is 2.31. The third-order valence-electron chi connectivity index (χ3n) is 3.91. The molecule has 1 aliphatic rings. The van der Waals surface area contributed by atoms with Crippen molar-refractivity contribution in [2.75, 3.05) is 20.2 Å². The zero-order valence-corrected chi connectivity index (χ0v) is 12.6. The van der Waals surface area contributed by atoms with Gasteiger partial charge in [-0.3, -0.25) is 9.69 Å². The number of carboxylic acid groups (broad SMARTS) is 1. The molecule has 4 nitrogen and oxygen atoms in total. The van der Waals surface area contributed by atoms with Crippen LogP contribution in [0.2, 0.25) is 5.02 Å². The number of hydrogen-bond donors (Lipinski definition) is 1. The van der Waals surface area contributed by atoms with Crippen LogP contribution in [0.5, 0.6) is 5.75 Å². The lowest BCUT2D eigenvalue weighted by atomic mass is 9.82. The van der Waals surface area contributed by atoms with Crippen LogP contribution in [0.25, 0.3) is 0 Å². The molecule has 110 valence electrons. The van der Waals surface area contributed by atoms with E-state index in [-0.39, 0.29) is 0 Å². The summed E-state index contributed by atoms with van der Waals surface area (Å²) in [6, 6.07) is 5.70. The van der Waals surface area contributed by atoms with Crippen molar-refractivity contribution in [1.82, 2.24) is 4.90 Å². The fourth-order valence-electron chi connectivity index (χ4n) is 2.72. The maximum Gasteiger partial charge on any atom is 0.310 e. The van der Waals surface area contributed by atoms with Crippen molar-refractivity contribution in [3.63, 3.8) is 0 Å². The second kappa shape index (κ2) is 6.02. The summed E-state index contributed by atoms with van der Waals surface area (Å²) in [7, 11) is 1.59. The van der Waals surface area contributed by atoms with Gasteiger partial charge in [-0.1, -0.05) is 17.7 Å². The minimum absolute atomic E-state index is 0.575. The highest BCUT2D eigenvalue weighted by Gasteiger charge is 2.37. The predicted molar refractivity (Wildman–Crippen MR) is 78.3 cm³/mol. The van der Waals surface area contributed by atoms with Crippen LogP contribution < -0.4 is 4.74 Å². The van der Waals surface area contributed by atoms with E-state index in [9.17, 15) is 9.90 Å². The number of likely N-dealkylation sites (tertiary alicyclic amines) is 1. The van der Waals surface area contributed by atoms with Crippen LogP contribution in [-0.2, 0) is 11.3 Å². The van der Waals surface area contributed by atoms with Gasteiger partial charge in [0.05, 0.1) is 17.5 Å². The molecule has 0 spiro atoms. The summed E-state index contributed by atoms with van der Waals surface area (Å²) < 4.78 is 5.13. The third kappa shape index (κ3) is 3.25. The van der Waals surface area contributed by atoms with Crippen molar-refractivity contribution >= 4 is 17.6 Å². The Hall–Kier alpha value is -1.26. The Kier molecular flexibility index (Phi) is 4.55. The molecule has 1 atom stereocenters. The molecule has 1 aromatic rings. The van der Waals surface area contributed by atoms with Gasteiger partial charge in [0.1, 0.15) is 5.75 Å². The van der Waals surface area contributed by atoms with Crippen LogP contribution in [0.4, 0.5) is 0 Å². The summed E-state index contributed by atoms with van der Waals surface area (Å²) in [5, 5.41) is 9.92. The number of carbonyl (C=O) groups is 1. The molecule has 0 amide bonds. The van der Waals surface area contributed by atoms with Gasteiger partial charge in [0.15, 0.2) is 0 Å². The molecule has 1 heterocycles. The maximum absolute atomic E-state index is 11.3. The first-order chi connectivity index (χ1) is 9.44. The van der Waals surface area contributed by atoms with Crippen LogP contribution in [0.1, 0.15) is 25.3 Å². The highest BCUT2D eigenvalue weighted by atomic mass is 35.5. The number of rotatable bonds is 4. The Morgan fingerprint density at radius 2 is 2.30 bits per heavy atom. The molecule has 1 aromatic carbocycles. The number of carboxylic acids is 1. The van der Waals surface area contributed by atoms with Gasteiger partial charge < -0.3 is 9.84 Å². The van der Waals surface area contributed by atoms with E-state index in [4.69, 9.17) is 16.3 Å². The molecular weight excluding hydrogens is 278 g/mol. The molecule has 0 bridgehead atoms. The molecule has 1 N–H and O–H groups in total. The Bertz CT molecular complexity index is 506. The van der Waals surface area contributed by atoms with Gasteiger partial charge >= 0.3 is 5.97 Å². The van der Waals surface area contributed by atoms with E-state index in [1.807, 2.05) is 25.1 Å². The van der Waals surface area contributed by atoms with Crippen LogP contribution in [0.3, 0.4) is 0 Å². The lowest BCUT2D eigenvalue weighted by Gasteiger charge is -2.37. The summed E-state index contributed by atoms with van der Waals surface area (Å²) in [6.07, 6.45) is 1.65. The molecular formula is C15H20ClNO3. The molecule has 20 heavy (non-hydrogen) atoms. The van der Waals surface area contributed by atoms with E-state index >= 15 is 0 Å². The fourth-order valence-corrected chi connectivity index (χ4v) is 3.00. The minimum Gasteiger partial charge on any atom is -0.495 e. The molecule has 0 saturated carbocycles. The van der Waals surface area contributed by atoms with Crippen molar-refractivity contribution in [3.8, 4) is 5.75 Å². The Balaban J connectivity index is 2.06. The van der Waals surface area contributed by atoms with E-state index in [0.717, 1.165) is 24.9 Å². The number of methoxy groups -OCH3 is 1. The predicted octanol–water partition coefficient (Wildman–Crippen LogP) is 3.04. The fraction of sp³-hybridized carbons (Fsp3) is 0.533. The molecule has 0 aromatic heterocycles. The van der Waals surface area contributed by atoms with Crippen molar-refractivity contribution in [1.29, 1.82) is 0 Å². The summed E-state index contributed by atoms with van der Waals surface area (Å²) in [5.74, 6) is -0.0561. The topological polar surface area (TPSA) is 49.8 Å². The number of piperidine rings is 1. The number of hydrogen-bond acceptors (Lipinski definition) is 3. The Labute approximate surface area is 124 Å². The number of nitrogens with zero attached hydrogens (tertiary/aromatic N) is 1. The van der Waals surface area contributed by atoms with Crippen molar-refractivity contribution in [2.45, 2.75) is 26.3 Å². The van der Waals surface area contributed by atoms with E-state index in [1.54, 1.807) is 7.11 Å². The lowest BCUT2D eigenvalue weighted by molar-refractivity contribution is -0.151. The van der Waals surface area contributed by atoms with Gasteiger partial charge in [-0.2, -0.15) is 0 Å². The standard InChI is InChI=1S/C15H20ClNO3/c1-15(14(18)19)6-3-7-17(10-15)9-11-4-5-13(20-2)12(16)8-11/h4-5,8H,3,6-7,9-10H2,1-2H3,(H,18,19). The maximum atomic E-state index is 11.3. The zero-order valence-electron chi connectivity index (χ0n) is 11.9. The monoisotopic (exact) mass is 297 g/mol. The summed E-state index contributed by atoms with van der Waals surface area (Å²) in [5.41, 5.74) is 0.430. The zero-order chi connectivity index (χ0) is 14.8. The number of halogens is 1. The van der Waals surface area contributed by atoms with E-state index in [1.165, 1.54) is 0 Å².